The third-order valence-electron chi connectivity index (χ3n) is 2.80. The van der Waals surface area contributed by atoms with Gasteiger partial charge in [0.05, 0.1) is 0 Å². The van der Waals surface area contributed by atoms with Crippen LogP contribution in [0.15, 0.2) is 18.2 Å². The summed E-state index contributed by atoms with van der Waals surface area (Å²) in [6.45, 7) is 2.11. The second kappa shape index (κ2) is 4.19. The Hall–Kier alpha value is -1.09. The molecule has 2 rings (SSSR count). The first-order valence-corrected chi connectivity index (χ1v) is 5.42. The summed E-state index contributed by atoms with van der Waals surface area (Å²) in [7, 11) is 0. The van der Waals surface area contributed by atoms with Crippen LogP contribution in [-0.4, -0.2) is 6.10 Å². The average Bonchev–Trinajstić information content (AvgIpc) is 2.17. The molecular formula is C12H16FNO. The summed E-state index contributed by atoms with van der Waals surface area (Å²) >= 11 is 0. The zero-order valence-electron chi connectivity index (χ0n) is 8.87. The molecule has 0 bridgehead atoms. The van der Waals surface area contributed by atoms with E-state index in [0.29, 0.717) is 5.75 Å². The number of hydrogen-bond donors (Lipinski definition) is 1. The molecule has 3 heteroatoms. The highest BCUT2D eigenvalue weighted by molar-refractivity contribution is 5.38. The Bertz CT molecular complexity index is 353. The number of hydrogen-bond acceptors (Lipinski definition) is 2. The Balaban J connectivity index is 2.25. The van der Waals surface area contributed by atoms with Crippen LogP contribution in [0.2, 0.25) is 0 Å². The van der Waals surface area contributed by atoms with Crippen molar-refractivity contribution in [2.45, 2.75) is 38.3 Å². The van der Waals surface area contributed by atoms with Crippen molar-refractivity contribution in [1.82, 2.24) is 0 Å². The number of rotatable bonds is 2. The van der Waals surface area contributed by atoms with E-state index < -0.39 is 0 Å². The lowest BCUT2D eigenvalue weighted by Gasteiger charge is -2.30. The highest BCUT2D eigenvalue weighted by Gasteiger charge is 2.25. The van der Waals surface area contributed by atoms with Gasteiger partial charge in [-0.15, -0.1) is 0 Å². The van der Waals surface area contributed by atoms with Crippen LogP contribution in [0.3, 0.4) is 0 Å². The van der Waals surface area contributed by atoms with Crippen molar-refractivity contribution in [2.75, 3.05) is 0 Å². The number of halogens is 1. The average molecular weight is 209 g/mol. The van der Waals surface area contributed by atoms with Gasteiger partial charge in [-0.25, -0.2) is 4.39 Å². The lowest BCUT2D eigenvalue weighted by Crippen LogP contribution is -2.29. The number of fused-ring (bicyclic) bond motifs is 1. The van der Waals surface area contributed by atoms with E-state index in [-0.39, 0.29) is 18.0 Å². The molecule has 2 nitrogen and oxygen atoms in total. The van der Waals surface area contributed by atoms with E-state index in [1.807, 2.05) is 0 Å². The fraction of sp³-hybridized carbons (Fsp3) is 0.500. The van der Waals surface area contributed by atoms with E-state index in [1.54, 1.807) is 6.07 Å². The minimum absolute atomic E-state index is 0.0223. The van der Waals surface area contributed by atoms with Gasteiger partial charge in [0.25, 0.3) is 0 Å². The summed E-state index contributed by atoms with van der Waals surface area (Å²) in [6, 6.07) is 4.56. The molecular weight excluding hydrogens is 193 g/mol. The first kappa shape index (κ1) is 10.4. The van der Waals surface area contributed by atoms with E-state index in [4.69, 9.17) is 10.5 Å². The maximum atomic E-state index is 13.0. The van der Waals surface area contributed by atoms with Crippen molar-refractivity contribution in [3.05, 3.63) is 29.6 Å². The largest absolute Gasteiger partial charge is 0.490 e. The van der Waals surface area contributed by atoms with Crippen LogP contribution in [0, 0.1) is 5.82 Å². The quantitative estimate of drug-likeness (QED) is 0.812. The summed E-state index contributed by atoms with van der Waals surface area (Å²) in [5, 5.41) is 0. The standard InChI is InChI=1S/C12H16FNO/c1-2-3-9-7-11(14)10-5-4-8(13)6-12(10)15-9/h4-6,9,11H,2-3,7,14H2,1H3/t9?,11-/m1/s1. The number of nitrogens with two attached hydrogens (primary N) is 1. The molecule has 0 aromatic heterocycles. The summed E-state index contributed by atoms with van der Waals surface area (Å²) in [5.41, 5.74) is 6.93. The molecule has 0 radical (unpaired) electrons. The molecule has 0 saturated heterocycles. The fourth-order valence-corrected chi connectivity index (χ4v) is 2.05. The topological polar surface area (TPSA) is 35.2 Å². The molecule has 0 fully saturated rings. The van der Waals surface area contributed by atoms with Crippen molar-refractivity contribution in [2.24, 2.45) is 5.73 Å². The summed E-state index contributed by atoms with van der Waals surface area (Å²) in [4.78, 5) is 0. The highest BCUT2D eigenvalue weighted by Crippen LogP contribution is 2.34. The van der Waals surface area contributed by atoms with Gasteiger partial charge in [-0.05, 0) is 12.5 Å². The van der Waals surface area contributed by atoms with Crippen molar-refractivity contribution in [1.29, 1.82) is 0 Å². The molecule has 15 heavy (non-hydrogen) atoms. The van der Waals surface area contributed by atoms with Gasteiger partial charge in [0.2, 0.25) is 0 Å². The molecule has 1 unspecified atom stereocenters. The Morgan fingerprint density at radius 1 is 1.53 bits per heavy atom. The number of ether oxygens (including phenoxy) is 1. The minimum atomic E-state index is -0.266. The van der Waals surface area contributed by atoms with Crippen LogP contribution in [0.25, 0.3) is 0 Å². The molecule has 1 aromatic carbocycles. The van der Waals surface area contributed by atoms with Crippen LogP contribution in [0.1, 0.15) is 37.8 Å². The summed E-state index contributed by atoms with van der Waals surface area (Å²) in [6.07, 6.45) is 3.00. The van der Waals surface area contributed by atoms with Gasteiger partial charge in [0, 0.05) is 24.1 Å². The molecule has 0 saturated carbocycles. The predicted octanol–water partition coefficient (Wildman–Crippen LogP) is 2.78. The van der Waals surface area contributed by atoms with Gasteiger partial charge in [-0.1, -0.05) is 19.4 Å². The summed E-state index contributed by atoms with van der Waals surface area (Å²) < 4.78 is 18.7. The molecule has 2 N–H and O–H groups in total. The van der Waals surface area contributed by atoms with Gasteiger partial charge < -0.3 is 10.5 Å². The smallest absolute Gasteiger partial charge is 0.127 e. The normalized spacial score (nSPS) is 24.5. The third-order valence-corrected chi connectivity index (χ3v) is 2.80. The van der Waals surface area contributed by atoms with Crippen LogP contribution in [-0.2, 0) is 0 Å². The third kappa shape index (κ3) is 2.12. The zero-order valence-corrected chi connectivity index (χ0v) is 8.87. The Kier molecular flexibility index (Phi) is 2.91. The molecule has 0 spiro atoms. The summed E-state index contributed by atoms with van der Waals surface area (Å²) in [5.74, 6) is 0.352. The second-order valence-electron chi connectivity index (χ2n) is 4.05. The fourth-order valence-electron chi connectivity index (χ4n) is 2.05. The van der Waals surface area contributed by atoms with E-state index >= 15 is 0 Å². The van der Waals surface area contributed by atoms with Gasteiger partial charge in [-0.2, -0.15) is 0 Å². The Morgan fingerprint density at radius 2 is 2.33 bits per heavy atom. The van der Waals surface area contributed by atoms with Crippen molar-refractivity contribution in [3.8, 4) is 5.75 Å². The number of benzene rings is 1. The molecule has 0 aliphatic carbocycles. The van der Waals surface area contributed by atoms with Crippen LogP contribution in [0.4, 0.5) is 4.39 Å². The highest BCUT2D eigenvalue weighted by atomic mass is 19.1. The van der Waals surface area contributed by atoms with E-state index in [2.05, 4.69) is 6.92 Å². The van der Waals surface area contributed by atoms with Gasteiger partial charge in [0.1, 0.15) is 17.7 Å². The molecule has 1 aromatic rings. The van der Waals surface area contributed by atoms with Crippen LogP contribution in [0.5, 0.6) is 5.75 Å². The molecule has 0 amide bonds. The van der Waals surface area contributed by atoms with E-state index in [1.165, 1.54) is 12.1 Å². The van der Waals surface area contributed by atoms with Gasteiger partial charge >= 0.3 is 0 Å². The van der Waals surface area contributed by atoms with Crippen molar-refractivity contribution < 1.29 is 9.13 Å². The second-order valence-corrected chi connectivity index (χ2v) is 4.05. The maximum Gasteiger partial charge on any atom is 0.127 e. The molecule has 1 aliphatic heterocycles. The van der Waals surface area contributed by atoms with E-state index in [9.17, 15) is 4.39 Å². The molecule has 1 heterocycles. The lowest BCUT2D eigenvalue weighted by molar-refractivity contribution is 0.148. The monoisotopic (exact) mass is 209 g/mol. The zero-order chi connectivity index (χ0) is 10.8. The van der Waals surface area contributed by atoms with Crippen LogP contribution < -0.4 is 10.5 Å². The van der Waals surface area contributed by atoms with Gasteiger partial charge in [0.15, 0.2) is 0 Å². The van der Waals surface area contributed by atoms with E-state index in [0.717, 1.165) is 24.8 Å². The lowest BCUT2D eigenvalue weighted by atomic mass is 9.95. The predicted molar refractivity (Wildman–Crippen MR) is 57.3 cm³/mol. The first-order valence-electron chi connectivity index (χ1n) is 5.42. The first-order chi connectivity index (χ1) is 7.20. The molecule has 82 valence electrons. The van der Waals surface area contributed by atoms with Crippen LogP contribution >= 0.6 is 0 Å². The maximum absolute atomic E-state index is 13.0. The molecule has 1 aliphatic rings. The van der Waals surface area contributed by atoms with Crippen molar-refractivity contribution >= 4 is 0 Å². The Morgan fingerprint density at radius 3 is 3.07 bits per heavy atom. The SMILES string of the molecule is CCCC1C[C@@H](N)c2ccc(F)cc2O1. The Labute approximate surface area is 89.2 Å². The molecule has 2 atom stereocenters. The van der Waals surface area contributed by atoms with Crippen molar-refractivity contribution in [3.63, 3.8) is 0 Å². The minimum Gasteiger partial charge on any atom is -0.490 e. The van der Waals surface area contributed by atoms with Gasteiger partial charge in [-0.3, -0.25) is 0 Å².